The summed E-state index contributed by atoms with van der Waals surface area (Å²) in [4.78, 5) is 27.8. The molecule has 11 heteroatoms. The average molecular weight is 578 g/mol. The fraction of sp³-hybridized carbons (Fsp3) is 0.533. The molecule has 2 fully saturated rings. The number of benzene rings is 1. The van der Waals surface area contributed by atoms with Crippen LogP contribution in [-0.2, 0) is 35.9 Å². The van der Waals surface area contributed by atoms with Crippen molar-refractivity contribution in [2.75, 3.05) is 49.3 Å². The van der Waals surface area contributed by atoms with Crippen molar-refractivity contribution in [3.8, 4) is 0 Å². The van der Waals surface area contributed by atoms with Crippen LogP contribution in [0.15, 0.2) is 35.4 Å². The first-order chi connectivity index (χ1) is 19.9. The second kappa shape index (κ2) is 12.0. The number of anilines is 2. The molecule has 0 saturated carbocycles. The molecule has 0 spiro atoms. The normalized spacial score (nSPS) is 19.8. The van der Waals surface area contributed by atoms with Gasteiger partial charge in [0.1, 0.15) is 11.4 Å². The van der Waals surface area contributed by atoms with Gasteiger partial charge in [-0.2, -0.15) is 10.1 Å². The van der Waals surface area contributed by atoms with Gasteiger partial charge in [0.05, 0.1) is 12.2 Å². The second-order valence-corrected chi connectivity index (χ2v) is 13.0. The molecule has 1 atom stereocenters. The van der Waals surface area contributed by atoms with Crippen molar-refractivity contribution < 1.29 is 14.1 Å². The van der Waals surface area contributed by atoms with Gasteiger partial charge in [-0.1, -0.05) is 12.1 Å². The van der Waals surface area contributed by atoms with E-state index in [9.17, 15) is 9.35 Å². The van der Waals surface area contributed by atoms with Gasteiger partial charge >= 0.3 is 0 Å². The van der Waals surface area contributed by atoms with Crippen LogP contribution in [0.5, 0.6) is 0 Å². The van der Waals surface area contributed by atoms with E-state index in [4.69, 9.17) is 14.7 Å². The van der Waals surface area contributed by atoms with Crippen molar-refractivity contribution in [2.24, 2.45) is 7.05 Å². The zero-order valence-corrected chi connectivity index (χ0v) is 25.0. The molecule has 1 unspecified atom stereocenters. The molecular formula is C30H39N7O3S. The van der Waals surface area contributed by atoms with Gasteiger partial charge in [-0.05, 0) is 73.0 Å². The lowest BCUT2D eigenvalue weighted by molar-refractivity contribution is 0.0782. The van der Waals surface area contributed by atoms with E-state index in [0.29, 0.717) is 23.8 Å². The summed E-state index contributed by atoms with van der Waals surface area (Å²) in [5.41, 5.74) is 4.82. The van der Waals surface area contributed by atoms with Gasteiger partial charge in [0.15, 0.2) is 5.82 Å². The van der Waals surface area contributed by atoms with E-state index < -0.39 is 11.2 Å². The molecule has 1 N–H and O–H groups in total. The van der Waals surface area contributed by atoms with Crippen molar-refractivity contribution >= 4 is 28.8 Å². The number of aromatic nitrogens is 4. The van der Waals surface area contributed by atoms with Crippen LogP contribution in [0.3, 0.4) is 0 Å². The number of aryl methyl sites for hydroxylation is 3. The number of hydrogen-bond acceptors (Lipinski definition) is 8. The Labute approximate surface area is 244 Å². The molecule has 218 valence electrons. The van der Waals surface area contributed by atoms with Gasteiger partial charge in [0.2, 0.25) is 10.8 Å². The number of rotatable bonds is 7. The number of ether oxygens (including phenoxy) is 1. The Morgan fingerprint density at radius 3 is 2.71 bits per heavy atom. The molecule has 1 aromatic carbocycles. The lowest BCUT2D eigenvalue weighted by Gasteiger charge is -2.33. The van der Waals surface area contributed by atoms with Crippen molar-refractivity contribution in [1.29, 1.82) is 0 Å². The van der Waals surface area contributed by atoms with Crippen LogP contribution in [0.1, 0.15) is 64.5 Å². The molecule has 2 aromatic heterocycles. The van der Waals surface area contributed by atoms with Gasteiger partial charge in [0.25, 0.3) is 5.91 Å². The van der Waals surface area contributed by atoms with Gasteiger partial charge in [-0.25, -0.2) is 4.98 Å². The molecule has 6 rings (SSSR count). The standard InChI is InChI=1S/C30H39N7O3S/c1-20-18-36(3)34-26(20)19-35(2)29(38)23-6-4-5-22(17-23)21-7-12-37(13-8-21)30-32-25-11-16-41(39)27(25)28(33-30)31-24-9-14-40-15-10-24/h4-6,17-18,21,24H,7-16,19H2,1-3H3,(H,31,32,33). The van der Waals surface area contributed by atoms with E-state index in [1.165, 1.54) is 5.56 Å². The maximum absolute atomic E-state index is 13.3. The number of carbonyl (C=O) groups is 1. The number of hydrogen-bond donors (Lipinski definition) is 1. The van der Waals surface area contributed by atoms with Crippen LogP contribution in [0.4, 0.5) is 11.8 Å². The Morgan fingerprint density at radius 1 is 1.20 bits per heavy atom. The third-order valence-corrected chi connectivity index (χ3v) is 9.93. The highest BCUT2D eigenvalue weighted by atomic mass is 32.2. The highest BCUT2D eigenvalue weighted by molar-refractivity contribution is 7.91. The number of nitrogens with zero attached hydrogens (tertiary/aromatic N) is 6. The first kappa shape index (κ1) is 28.0. The van der Waals surface area contributed by atoms with Crippen LogP contribution >= 0.6 is 0 Å². The Balaban J connectivity index is 1.12. The van der Waals surface area contributed by atoms with Crippen molar-refractivity contribution in [1.82, 2.24) is 24.6 Å². The molecule has 3 aromatic rings. The molecule has 41 heavy (non-hydrogen) atoms. The smallest absolute Gasteiger partial charge is 0.253 e. The molecule has 0 radical (unpaired) electrons. The summed E-state index contributed by atoms with van der Waals surface area (Å²) in [6.45, 7) is 5.64. The quantitative estimate of drug-likeness (QED) is 0.425. The molecular weight excluding hydrogens is 538 g/mol. The molecule has 3 aliphatic rings. The third-order valence-electron chi connectivity index (χ3n) is 8.47. The van der Waals surface area contributed by atoms with Gasteiger partial charge in [-0.15, -0.1) is 0 Å². The number of amides is 1. The summed E-state index contributed by atoms with van der Waals surface area (Å²) in [6, 6.07) is 8.37. The maximum Gasteiger partial charge on any atom is 0.253 e. The van der Waals surface area contributed by atoms with E-state index >= 15 is 0 Å². The van der Waals surface area contributed by atoms with Crippen LogP contribution in [0, 0.1) is 6.92 Å². The average Bonchev–Trinajstić information content (AvgIpc) is 3.53. The molecule has 3 aliphatic heterocycles. The first-order valence-electron chi connectivity index (χ1n) is 14.6. The Hall–Kier alpha value is -3.15. The van der Waals surface area contributed by atoms with Crippen molar-refractivity contribution in [3.05, 3.63) is 58.5 Å². The Bertz CT molecular complexity index is 1400. The number of piperidine rings is 1. The molecule has 5 heterocycles. The topological polar surface area (TPSA) is 111 Å². The van der Waals surface area contributed by atoms with E-state index in [2.05, 4.69) is 27.4 Å². The summed E-state index contributed by atoms with van der Waals surface area (Å²) in [6.07, 6.45) is 6.45. The number of fused-ring (bicyclic) bond motifs is 1. The van der Waals surface area contributed by atoms with Crippen molar-refractivity contribution in [2.45, 2.75) is 62.4 Å². The molecule has 0 bridgehead atoms. The number of carbonyl (C=O) groups excluding carboxylic acids is 1. The summed E-state index contributed by atoms with van der Waals surface area (Å²) < 4.78 is 20.1. The van der Waals surface area contributed by atoms with Crippen LogP contribution in [0.25, 0.3) is 0 Å². The lowest BCUT2D eigenvalue weighted by atomic mass is 9.88. The highest BCUT2D eigenvalue weighted by Crippen LogP contribution is 2.35. The zero-order chi connectivity index (χ0) is 28.5. The third kappa shape index (κ3) is 6.07. The van der Waals surface area contributed by atoms with Crippen LogP contribution in [0.2, 0.25) is 0 Å². The van der Waals surface area contributed by atoms with E-state index in [1.807, 2.05) is 39.3 Å². The van der Waals surface area contributed by atoms with Crippen LogP contribution < -0.4 is 10.2 Å². The van der Waals surface area contributed by atoms with Gasteiger partial charge in [0, 0.05) is 64.6 Å². The van der Waals surface area contributed by atoms with E-state index in [-0.39, 0.29) is 11.9 Å². The van der Waals surface area contributed by atoms with E-state index in [1.54, 1.807) is 9.58 Å². The second-order valence-electron chi connectivity index (χ2n) is 11.5. The lowest BCUT2D eigenvalue weighted by Crippen LogP contribution is -2.35. The molecule has 2 saturated heterocycles. The fourth-order valence-corrected chi connectivity index (χ4v) is 7.44. The summed E-state index contributed by atoms with van der Waals surface area (Å²) >= 11 is -1.05. The largest absolute Gasteiger partial charge is 0.611 e. The molecule has 10 nitrogen and oxygen atoms in total. The molecule has 0 aliphatic carbocycles. The summed E-state index contributed by atoms with van der Waals surface area (Å²) in [7, 11) is 3.73. The van der Waals surface area contributed by atoms with Gasteiger partial charge in [-0.3, -0.25) is 9.48 Å². The van der Waals surface area contributed by atoms with Crippen molar-refractivity contribution in [3.63, 3.8) is 0 Å². The predicted molar refractivity (Wildman–Crippen MR) is 159 cm³/mol. The highest BCUT2D eigenvalue weighted by Gasteiger charge is 2.34. The molecule has 1 amide bonds. The number of nitrogens with one attached hydrogen (secondary N) is 1. The maximum atomic E-state index is 13.3. The predicted octanol–water partition coefficient (Wildman–Crippen LogP) is 3.43. The minimum absolute atomic E-state index is 0.00262. The minimum atomic E-state index is -1.05. The Morgan fingerprint density at radius 2 is 1.98 bits per heavy atom. The fourth-order valence-electron chi connectivity index (χ4n) is 6.12. The minimum Gasteiger partial charge on any atom is -0.611 e. The SMILES string of the molecule is Cc1cn(C)nc1CN(C)C(=O)c1cccc(C2CCN(c3nc4c(c(NC5CCOCC5)n3)[S+]([O-])CC4)CC2)c1. The first-order valence-corrected chi connectivity index (χ1v) is 15.9. The Kier molecular flexibility index (Phi) is 8.19. The van der Waals surface area contributed by atoms with Gasteiger partial charge < -0.3 is 24.4 Å². The summed E-state index contributed by atoms with van der Waals surface area (Å²) in [5.74, 6) is 2.45. The van der Waals surface area contributed by atoms with E-state index in [0.717, 1.165) is 92.0 Å². The monoisotopic (exact) mass is 577 g/mol. The van der Waals surface area contributed by atoms with Crippen LogP contribution in [-0.4, -0.2) is 80.3 Å². The zero-order valence-electron chi connectivity index (χ0n) is 24.1. The summed E-state index contributed by atoms with van der Waals surface area (Å²) in [5, 5.41) is 8.07.